The fourth-order valence-electron chi connectivity index (χ4n) is 1.35. The Hall–Kier alpha value is -2.44. The summed E-state index contributed by atoms with van der Waals surface area (Å²) in [6.45, 7) is 2.11. The molecule has 7 nitrogen and oxygen atoms in total. The van der Waals surface area contributed by atoms with Crippen molar-refractivity contribution < 1.29 is 14.4 Å². The zero-order valence-corrected chi connectivity index (χ0v) is 10.5. The molecule has 0 aliphatic rings. The Kier molecular flexibility index (Phi) is 6.00. The molecule has 0 saturated heterocycles. The average molecular weight is 265 g/mol. The zero-order valence-electron chi connectivity index (χ0n) is 10.5. The first-order valence-corrected chi connectivity index (χ1v) is 5.69. The van der Waals surface area contributed by atoms with Gasteiger partial charge >= 0.3 is 0 Å². The lowest BCUT2D eigenvalue weighted by molar-refractivity contribution is -0.119. The zero-order chi connectivity index (χ0) is 14.1. The minimum atomic E-state index is -0.263. The normalized spacial score (nSPS) is 9.53. The molecule has 0 aliphatic heterocycles. The summed E-state index contributed by atoms with van der Waals surface area (Å²) in [6, 6.07) is 6.83. The Labute approximate surface area is 110 Å². The van der Waals surface area contributed by atoms with Crippen LogP contribution in [-0.2, 0) is 16.2 Å². The summed E-state index contributed by atoms with van der Waals surface area (Å²) in [6.07, 6.45) is 0. The summed E-state index contributed by atoms with van der Waals surface area (Å²) < 4.78 is 0. The van der Waals surface area contributed by atoms with Crippen LogP contribution in [0.4, 0.5) is 0 Å². The second kappa shape index (κ2) is 7.80. The molecule has 0 aliphatic carbocycles. The first kappa shape index (κ1) is 14.6. The summed E-state index contributed by atoms with van der Waals surface area (Å²) in [5, 5.41) is 7.45. The highest BCUT2D eigenvalue weighted by atomic mass is 16.7. The standard InChI is InChI=1S/C12H15N3O4/c1-9(16)14-8-10-2-4-11(5-3-10)12(17)13-6-7-19-15-18/h2-5H,6-8H2,1H3,(H,13,17)(H,14,16). The summed E-state index contributed by atoms with van der Waals surface area (Å²) in [7, 11) is 0. The van der Waals surface area contributed by atoms with Crippen LogP contribution in [0.15, 0.2) is 29.6 Å². The predicted octanol–water partition coefficient (Wildman–Crippen LogP) is 0.750. The molecule has 102 valence electrons. The summed E-state index contributed by atoms with van der Waals surface area (Å²) in [4.78, 5) is 36.2. The highest BCUT2D eigenvalue weighted by Crippen LogP contribution is 2.04. The molecular weight excluding hydrogens is 250 g/mol. The Bertz CT molecular complexity index is 445. The minimum Gasteiger partial charge on any atom is -0.362 e. The lowest BCUT2D eigenvalue weighted by Crippen LogP contribution is -2.26. The van der Waals surface area contributed by atoms with E-state index < -0.39 is 0 Å². The third kappa shape index (κ3) is 5.62. The number of hydrogen-bond acceptors (Lipinski definition) is 5. The molecule has 1 aromatic carbocycles. The molecular formula is C12H15N3O4. The van der Waals surface area contributed by atoms with Crippen molar-refractivity contribution in [3.63, 3.8) is 0 Å². The van der Waals surface area contributed by atoms with Crippen LogP contribution in [0, 0.1) is 4.91 Å². The van der Waals surface area contributed by atoms with Crippen LogP contribution >= 0.6 is 0 Å². The molecule has 2 amide bonds. The number of carbonyl (C=O) groups is 2. The molecule has 1 rings (SSSR count). The molecule has 0 bridgehead atoms. The van der Waals surface area contributed by atoms with Crippen molar-refractivity contribution in [1.82, 2.24) is 10.6 Å². The Balaban J connectivity index is 2.44. The third-order valence-electron chi connectivity index (χ3n) is 2.29. The van der Waals surface area contributed by atoms with E-state index in [-0.39, 0.29) is 25.0 Å². The third-order valence-corrected chi connectivity index (χ3v) is 2.29. The molecule has 0 atom stereocenters. The second-order valence-corrected chi connectivity index (χ2v) is 3.77. The van der Waals surface area contributed by atoms with Gasteiger partial charge in [0, 0.05) is 19.0 Å². The fourth-order valence-corrected chi connectivity index (χ4v) is 1.35. The van der Waals surface area contributed by atoms with E-state index in [2.05, 4.69) is 20.8 Å². The molecule has 2 N–H and O–H groups in total. The van der Waals surface area contributed by atoms with Gasteiger partial charge in [0.1, 0.15) is 6.61 Å². The first-order chi connectivity index (χ1) is 9.13. The molecule has 7 heteroatoms. The van der Waals surface area contributed by atoms with Gasteiger partial charge < -0.3 is 15.5 Å². The van der Waals surface area contributed by atoms with Crippen LogP contribution in [0.2, 0.25) is 0 Å². The number of amides is 2. The van der Waals surface area contributed by atoms with E-state index in [0.717, 1.165) is 5.56 Å². The maximum Gasteiger partial charge on any atom is 0.251 e. The van der Waals surface area contributed by atoms with Crippen molar-refractivity contribution in [3.8, 4) is 0 Å². The Morgan fingerprint density at radius 1 is 1.21 bits per heavy atom. The van der Waals surface area contributed by atoms with Gasteiger partial charge in [-0.25, -0.2) is 0 Å². The second-order valence-electron chi connectivity index (χ2n) is 3.77. The monoisotopic (exact) mass is 265 g/mol. The quantitative estimate of drug-likeness (QED) is 0.432. The summed E-state index contributed by atoms with van der Waals surface area (Å²) in [5.41, 5.74) is 1.39. The number of nitrogens with one attached hydrogen (secondary N) is 2. The van der Waals surface area contributed by atoms with Crippen molar-refractivity contribution in [2.45, 2.75) is 13.5 Å². The topological polar surface area (TPSA) is 96.9 Å². The molecule has 0 radical (unpaired) electrons. The van der Waals surface area contributed by atoms with Crippen molar-refractivity contribution in [3.05, 3.63) is 40.3 Å². The van der Waals surface area contributed by atoms with Crippen LogP contribution in [0.1, 0.15) is 22.8 Å². The average Bonchev–Trinajstić information content (AvgIpc) is 2.41. The SMILES string of the molecule is CC(=O)NCc1ccc(C(=O)NCCON=O)cc1. The van der Waals surface area contributed by atoms with Crippen LogP contribution in [0.25, 0.3) is 0 Å². The molecule has 0 aromatic heterocycles. The van der Waals surface area contributed by atoms with Crippen molar-refractivity contribution in [2.24, 2.45) is 5.34 Å². The van der Waals surface area contributed by atoms with Crippen LogP contribution in [0.3, 0.4) is 0 Å². The minimum absolute atomic E-state index is 0.0376. The van der Waals surface area contributed by atoms with E-state index in [1.165, 1.54) is 6.92 Å². The molecule has 0 spiro atoms. The Morgan fingerprint density at radius 2 is 1.89 bits per heavy atom. The molecule has 0 heterocycles. The van der Waals surface area contributed by atoms with E-state index in [4.69, 9.17) is 0 Å². The lowest BCUT2D eigenvalue weighted by atomic mass is 10.1. The smallest absolute Gasteiger partial charge is 0.251 e. The van der Waals surface area contributed by atoms with Gasteiger partial charge in [-0.05, 0) is 17.7 Å². The number of carbonyl (C=O) groups excluding carboxylic acids is 2. The highest BCUT2D eigenvalue weighted by Gasteiger charge is 2.04. The van der Waals surface area contributed by atoms with Crippen LogP contribution in [0.5, 0.6) is 0 Å². The molecule has 1 aromatic rings. The lowest BCUT2D eigenvalue weighted by Gasteiger charge is -2.05. The maximum absolute atomic E-state index is 11.6. The largest absolute Gasteiger partial charge is 0.362 e. The van der Waals surface area contributed by atoms with E-state index in [0.29, 0.717) is 12.1 Å². The molecule has 0 unspecified atom stereocenters. The van der Waals surface area contributed by atoms with Gasteiger partial charge in [-0.2, -0.15) is 0 Å². The van der Waals surface area contributed by atoms with Gasteiger partial charge in [-0.1, -0.05) is 12.1 Å². The molecule has 0 fully saturated rings. The predicted molar refractivity (Wildman–Crippen MR) is 68.0 cm³/mol. The van der Waals surface area contributed by atoms with Crippen LogP contribution in [-0.4, -0.2) is 25.0 Å². The van der Waals surface area contributed by atoms with Gasteiger partial charge in [0.05, 0.1) is 6.54 Å². The Morgan fingerprint density at radius 3 is 2.47 bits per heavy atom. The summed E-state index contributed by atoms with van der Waals surface area (Å²) >= 11 is 0. The maximum atomic E-state index is 11.6. The summed E-state index contributed by atoms with van der Waals surface area (Å²) in [5.74, 6) is -0.369. The van der Waals surface area contributed by atoms with E-state index >= 15 is 0 Å². The van der Waals surface area contributed by atoms with E-state index in [9.17, 15) is 14.5 Å². The first-order valence-electron chi connectivity index (χ1n) is 5.69. The molecule has 19 heavy (non-hydrogen) atoms. The number of hydrogen-bond donors (Lipinski definition) is 2. The number of rotatable bonds is 7. The molecule has 0 saturated carbocycles. The van der Waals surface area contributed by atoms with Gasteiger partial charge in [0.15, 0.2) is 5.34 Å². The van der Waals surface area contributed by atoms with Gasteiger partial charge in [-0.3, -0.25) is 9.59 Å². The van der Waals surface area contributed by atoms with Gasteiger partial charge in [-0.15, -0.1) is 4.91 Å². The van der Waals surface area contributed by atoms with Crippen molar-refractivity contribution in [1.29, 1.82) is 0 Å². The van der Waals surface area contributed by atoms with E-state index in [1.807, 2.05) is 0 Å². The van der Waals surface area contributed by atoms with Crippen molar-refractivity contribution in [2.75, 3.05) is 13.2 Å². The fraction of sp³-hybridized carbons (Fsp3) is 0.333. The van der Waals surface area contributed by atoms with Gasteiger partial charge in [0.25, 0.3) is 5.91 Å². The van der Waals surface area contributed by atoms with Gasteiger partial charge in [0.2, 0.25) is 5.91 Å². The number of benzene rings is 1. The highest BCUT2D eigenvalue weighted by molar-refractivity contribution is 5.94. The van der Waals surface area contributed by atoms with E-state index in [1.54, 1.807) is 24.3 Å². The number of nitrogens with zero attached hydrogens (tertiary/aromatic N) is 1. The van der Waals surface area contributed by atoms with Crippen LogP contribution < -0.4 is 10.6 Å². The van der Waals surface area contributed by atoms with Crippen molar-refractivity contribution >= 4 is 11.8 Å².